The Balaban J connectivity index is 1.69. The number of ether oxygens (including phenoxy) is 2. The molecule has 1 aliphatic heterocycles. The van der Waals surface area contributed by atoms with E-state index in [-0.39, 0.29) is 21.3 Å². The summed E-state index contributed by atoms with van der Waals surface area (Å²) in [5, 5.41) is 0.528. The molecule has 0 aliphatic carbocycles. The predicted molar refractivity (Wildman–Crippen MR) is 91.2 cm³/mol. The van der Waals surface area contributed by atoms with E-state index in [2.05, 4.69) is 15.8 Å². The van der Waals surface area contributed by atoms with E-state index in [1.165, 1.54) is 30.5 Å². The SMILES string of the molecule is O=C(NNC(=O)c1cc(Cl)c2c(c1)OCCCO2)c1ccc(Cl)nc1. The van der Waals surface area contributed by atoms with Crippen molar-refractivity contribution in [1.82, 2.24) is 15.8 Å². The molecule has 0 bridgehead atoms. The maximum atomic E-state index is 12.2. The molecular weight excluding hydrogens is 369 g/mol. The van der Waals surface area contributed by atoms with E-state index in [0.29, 0.717) is 24.7 Å². The lowest BCUT2D eigenvalue weighted by molar-refractivity contribution is 0.0846. The second-order valence-electron chi connectivity index (χ2n) is 5.11. The summed E-state index contributed by atoms with van der Waals surface area (Å²) < 4.78 is 11.0. The third-order valence-electron chi connectivity index (χ3n) is 3.34. The van der Waals surface area contributed by atoms with Gasteiger partial charge in [-0.25, -0.2) is 4.98 Å². The molecule has 2 aromatic rings. The first-order chi connectivity index (χ1) is 12.0. The van der Waals surface area contributed by atoms with Gasteiger partial charge < -0.3 is 9.47 Å². The number of hydrogen-bond donors (Lipinski definition) is 2. The Morgan fingerprint density at radius 1 is 1.00 bits per heavy atom. The summed E-state index contributed by atoms with van der Waals surface area (Å²) in [7, 11) is 0. The number of hydrazine groups is 1. The number of fused-ring (bicyclic) bond motifs is 1. The zero-order valence-electron chi connectivity index (χ0n) is 12.8. The fraction of sp³-hybridized carbons (Fsp3) is 0.188. The molecule has 1 aliphatic rings. The van der Waals surface area contributed by atoms with Gasteiger partial charge >= 0.3 is 0 Å². The Morgan fingerprint density at radius 2 is 1.72 bits per heavy atom. The van der Waals surface area contributed by atoms with Crippen LogP contribution in [0.25, 0.3) is 0 Å². The van der Waals surface area contributed by atoms with Gasteiger partial charge in [-0.3, -0.25) is 20.4 Å². The molecule has 0 fully saturated rings. The molecule has 7 nitrogen and oxygen atoms in total. The Kier molecular flexibility index (Phi) is 5.25. The molecular formula is C16H13Cl2N3O4. The first-order valence-corrected chi connectivity index (χ1v) is 8.11. The topological polar surface area (TPSA) is 89.6 Å². The highest BCUT2D eigenvalue weighted by Gasteiger charge is 2.19. The highest BCUT2D eigenvalue weighted by atomic mass is 35.5. The zero-order chi connectivity index (χ0) is 17.8. The van der Waals surface area contributed by atoms with Crippen LogP contribution in [-0.2, 0) is 0 Å². The van der Waals surface area contributed by atoms with Crippen molar-refractivity contribution in [3.05, 3.63) is 51.8 Å². The first-order valence-electron chi connectivity index (χ1n) is 7.36. The summed E-state index contributed by atoms with van der Waals surface area (Å²) in [5.41, 5.74) is 5.08. The van der Waals surface area contributed by atoms with Gasteiger partial charge in [0.2, 0.25) is 0 Å². The molecule has 0 saturated heterocycles. The van der Waals surface area contributed by atoms with Crippen molar-refractivity contribution in [1.29, 1.82) is 0 Å². The molecule has 25 heavy (non-hydrogen) atoms. The highest BCUT2D eigenvalue weighted by molar-refractivity contribution is 6.32. The van der Waals surface area contributed by atoms with Crippen LogP contribution in [0.4, 0.5) is 0 Å². The van der Waals surface area contributed by atoms with Crippen LogP contribution >= 0.6 is 23.2 Å². The van der Waals surface area contributed by atoms with Crippen LogP contribution in [0.2, 0.25) is 10.2 Å². The molecule has 9 heteroatoms. The molecule has 0 spiro atoms. The molecule has 3 rings (SSSR count). The molecule has 0 atom stereocenters. The second-order valence-corrected chi connectivity index (χ2v) is 5.91. The van der Waals surface area contributed by atoms with Crippen LogP contribution < -0.4 is 20.3 Å². The number of nitrogens with one attached hydrogen (secondary N) is 2. The van der Waals surface area contributed by atoms with Crippen molar-refractivity contribution in [2.45, 2.75) is 6.42 Å². The van der Waals surface area contributed by atoms with E-state index in [1.807, 2.05) is 0 Å². The molecule has 0 unspecified atom stereocenters. The van der Waals surface area contributed by atoms with Crippen molar-refractivity contribution in [3.8, 4) is 11.5 Å². The average molecular weight is 382 g/mol. The maximum Gasteiger partial charge on any atom is 0.271 e. The summed E-state index contributed by atoms with van der Waals surface area (Å²) in [4.78, 5) is 28.0. The minimum atomic E-state index is -0.548. The predicted octanol–water partition coefficient (Wildman–Crippen LogP) is 2.62. The Morgan fingerprint density at radius 3 is 2.44 bits per heavy atom. The minimum absolute atomic E-state index is 0.226. The van der Waals surface area contributed by atoms with Crippen molar-refractivity contribution in [2.24, 2.45) is 0 Å². The number of hydrogen-bond acceptors (Lipinski definition) is 5. The number of benzene rings is 1. The number of pyridine rings is 1. The molecule has 0 saturated carbocycles. The van der Waals surface area contributed by atoms with Crippen LogP contribution in [0.15, 0.2) is 30.5 Å². The highest BCUT2D eigenvalue weighted by Crippen LogP contribution is 2.37. The third-order valence-corrected chi connectivity index (χ3v) is 3.85. The van der Waals surface area contributed by atoms with E-state index >= 15 is 0 Å². The van der Waals surface area contributed by atoms with Gasteiger partial charge in [0.05, 0.1) is 23.8 Å². The maximum absolute atomic E-state index is 12.2. The van der Waals surface area contributed by atoms with Crippen molar-refractivity contribution >= 4 is 35.0 Å². The number of nitrogens with zero attached hydrogens (tertiary/aromatic N) is 1. The Bertz CT molecular complexity index is 812. The Hall–Kier alpha value is -2.51. The molecule has 2 N–H and O–H groups in total. The average Bonchev–Trinajstić information content (AvgIpc) is 2.85. The van der Waals surface area contributed by atoms with Crippen LogP contribution in [0.5, 0.6) is 11.5 Å². The van der Waals surface area contributed by atoms with Crippen molar-refractivity contribution < 1.29 is 19.1 Å². The monoisotopic (exact) mass is 381 g/mol. The summed E-state index contributed by atoms with van der Waals surface area (Å²) in [6.45, 7) is 0.957. The van der Waals surface area contributed by atoms with Gasteiger partial charge in [0.15, 0.2) is 11.5 Å². The van der Waals surface area contributed by atoms with Crippen molar-refractivity contribution in [3.63, 3.8) is 0 Å². The van der Waals surface area contributed by atoms with Gasteiger partial charge in [0.25, 0.3) is 11.8 Å². The van der Waals surface area contributed by atoms with E-state index in [0.717, 1.165) is 6.42 Å². The Labute approximate surface area is 153 Å². The smallest absolute Gasteiger partial charge is 0.271 e. The van der Waals surface area contributed by atoms with Crippen LogP contribution in [0.1, 0.15) is 27.1 Å². The lowest BCUT2D eigenvalue weighted by Gasteiger charge is -2.12. The fourth-order valence-electron chi connectivity index (χ4n) is 2.13. The number of carbonyl (C=O) groups is 2. The number of aromatic nitrogens is 1. The van der Waals surface area contributed by atoms with E-state index in [4.69, 9.17) is 32.7 Å². The van der Waals surface area contributed by atoms with Crippen LogP contribution in [-0.4, -0.2) is 30.0 Å². The van der Waals surface area contributed by atoms with Gasteiger partial charge in [-0.15, -0.1) is 0 Å². The fourth-order valence-corrected chi connectivity index (χ4v) is 2.51. The van der Waals surface area contributed by atoms with Gasteiger partial charge in [-0.2, -0.15) is 0 Å². The number of carbonyl (C=O) groups excluding carboxylic acids is 2. The summed E-state index contributed by atoms with van der Waals surface area (Å²) in [5.74, 6) is -0.277. The molecule has 1 aromatic carbocycles. The third kappa shape index (κ3) is 4.12. The minimum Gasteiger partial charge on any atom is -0.489 e. The molecule has 130 valence electrons. The van der Waals surface area contributed by atoms with Gasteiger partial charge in [0.1, 0.15) is 5.15 Å². The standard InChI is InChI=1S/C16H13Cl2N3O4/c17-11-6-10(7-12-14(11)25-5-1-4-24-12)16(23)21-20-15(22)9-2-3-13(18)19-8-9/h2-3,6-8H,1,4-5H2,(H,20,22)(H,21,23). The molecule has 1 aromatic heterocycles. The summed E-state index contributed by atoms with van der Waals surface area (Å²) in [6, 6.07) is 5.92. The van der Waals surface area contributed by atoms with Crippen LogP contribution in [0.3, 0.4) is 0 Å². The largest absolute Gasteiger partial charge is 0.489 e. The van der Waals surface area contributed by atoms with E-state index in [1.54, 1.807) is 0 Å². The normalized spacial score (nSPS) is 12.9. The van der Waals surface area contributed by atoms with Gasteiger partial charge in [0, 0.05) is 18.2 Å². The number of halogens is 2. The summed E-state index contributed by atoms with van der Waals surface area (Å²) in [6.07, 6.45) is 2.02. The second kappa shape index (κ2) is 7.58. The lowest BCUT2D eigenvalue weighted by atomic mass is 10.2. The van der Waals surface area contributed by atoms with Crippen LogP contribution in [0, 0.1) is 0 Å². The summed E-state index contributed by atoms with van der Waals surface area (Å²) >= 11 is 11.8. The number of rotatable bonds is 2. The number of amides is 2. The lowest BCUT2D eigenvalue weighted by Crippen LogP contribution is -2.41. The van der Waals surface area contributed by atoms with E-state index < -0.39 is 11.8 Å². The molecule has 2 heterocycles. The van der Waals surface area contributed by atoms with E-state index in [9.17, 15) is 9.59 Å². The van der Waals surface area contributed by atoms with Gasteiger partial charge in [-0.1, -0.05) is 23.2 Å². The van der Waals surface area contributed by atoms with Crippen molar-refractivity contribution in [2.75, 3.05) is 13.2 Å². The zero-order valence-corrected chi connectivity index (χ0v) is 14.4. The quantitative estimate of drug-likeness (QED) is 0.616. The molecule has 2 amide bonds. The van der Waals surface area contributed by atoms with Gasteiger partial charge in [-0.05, 0) is 24.3 Å². The first kappa shape index (κ1) is 17.3. The molecule has 0 radical (unpaired) electrons.